The van der Waals surface area contributed by atoms with Crippen molar-refractivity contribution >= 4 is 12.0 Å². The van der Waals surface area contributed by atoms with Crippen LogP contribution in [0.1, 0.15) is 16.1 Å². The zero-order chi connectivity index (χ0) is 9.68. The molecular formula is C8H3N3O2. The molecule has 0 fully saturated rings. The van der Waals surface area contributed by atoms with Gasteiger partial charge in [-0.2, -0.15) is 5.26 Å². The van der Waals surface area contributed by atoms with Gasteiger partial charge in [-0.25, -0.2) is 9.78 Å². The van der Waals surface area contributed by atoms with Crippen LogP contribution in [0.4, 0.5) is 0 Å². The first kappa shape index (κ1) is 8.78. The first-order chi connectivity index (χ1) is 6.27. The lowest BCUT2D eigenvalue weighted by Gasteiger charge is -1.91. The smallest absolute Gasteiger partial charge is 0.266 e. The van der Waals surface area contributed by atoms with E-state index < -0.39 is 5.91 Å². The minimum Gasteiger partial charge on any atom is -0.266 e. The molecule has 0 N–H and O–H groups in total. The number of aliphatic imine (C=N–C) groups is 1. The highest BCUT2D eigenvalue weighted by atomic mass is 16.2. The zero-order valence-corrected chi connectivity index (χ0v) is 6.39. The Balaban J connectivity index is 3.00. The predicted octanol–water partition coefficient (Wildman–Crippen LogP) is 0.429. The highest BCUT2D eigenvalue weighted by Crippen LogP contribution is 2.00. The van der Waals surface area contributed by atoms with E-state index in [2.05, 4.69) is 9.98 Å². The number of rotatable bonds is 1. The average Bonchev–Trinajstić information content (AvgIpc) is 2.18. The summed E-state index contributed by atoms with van der Waals surface area (Å²) in [6, 6.07) is 4.53. The molecule has 0 saturated carbocycles. The second kappa shape index (κ2) is 3.90. The van der Waals surface area contributed by atoms with Crippen LogP contribution < -0.4 is 0 Å². The van der Waals surface area contributed by atoms with Crippen LogP contribution in [0.3, 0.4) is 0 Å². The fourth-order valence-corrected chi connectivity index (χ4v) is 0.693. The van der Waals surface area contributed by atoms with Gasteiger partial charge in [0, 0.05) is 6.20 Å². The fourth-order valence-electron chi connectivity index (χ4n) is 0.693. The van der Waals surface area contributed by atoms with Gasteiger partial charge in [-0.1, -0.05) is 0 Å². The zero-order valence-electron chi connectivity index (χ0n) is 6.39. The lowest BCUT2D eigenvalue weighted by Crippen LogP contribution is -1.95. The number of carbonyl (C=O) groups excluding carboxylic acids is 2. The SMILES string of the molecule is N#Cc1ccc(C(=O)N=C=O)cn1. The van der Waals surface area contributed by atoms with Crippen molar-refractivity contribution in [2.75, 3.05) is 0 Å². The molecule has 5 nitrogen and oxygen atoms in total. The van der Waals surface area contributed by atoms with Crippen LogP contribution in [0, 0.1) is 11.3 Å². The standard InChI is InChI=1S/C8H3N3O2/c9-3-7-2-1-6(4-10-7)8(13)11-5-12/h1-2,4H. The number of hydrogen-bond acceptors (Lipinski definition) is 4. The van der Waals surface area contributed by atoms with Gasteiger partial charge in [0.25, 0.3) is 5.91 Å². The van der Waals surface area contributed by atoms with Gasteiger partial charge in [0.05, 0.1) is 5.56 Å². The maximum absolute atomic E-state index is 10.9. The van der Waals surface area contributed by atoms with Crippen LogP contribution in [-0.4, -0.2) is 17.0 Å². The molecular weight excluding hydrogens is 170 g/mol. The van der Waals surface area contributed by atoms with E-state index in [1.165, 1.54) is 18.3 Å². The molecule has 1 amide bonds. The van der Waals surface area contributed by atoms with E-state index >= 15 is 0 Å². The molecule has 0 aromatic carbocycles. The number of isocyanates is 1. The van der Waals surface area contributed by atoms with Gasteiger partial charge < -0.3 is 0 Å². The number of nitriles is 1. The normalized spacial score (nSPS) is 8.23. The van der Waals surface area contributed by atoms with Gasteiger partial charge in [0.1, 0.15) is 11.8 Å². The van der Waals surface area contributed by atoms with Crippen LogP contribution in [-0.2, 0) is 4.79 Å². The average molecular weight is 173 g/mol. The summed E-state index contributed by atoms with van der Waals surface area (Å²) in [6.07, 6.45) is 2.31. The Kier molecular flexibility index (Phi) is 2.64. The van der Waals surface area contributed by atoms with Gasteiger partial charge in [0.15, 0.2) is 0 Å². The number of amides is 1. The topological polar surface area (TPSA) is 83.2 Å². The highest BCUT2D eigenvalue weighted by Gasteiger charge is 2.03. The van der Waals surface area contributed by atoms with Crippen molar-refractivity contribution in [3.8, 4) is 6.07 Å². The van der Waals surface area contributed by atoms with Gasteiger partial charge in [-0.3, -0.25) is 4.79 Å². The summed E-state index contributed by atoms with van der Waals surface area (Å²) in [7, 11) is 0. The Morgan fingerprint density at radius 3 is 2.77 bits per heavy atom. The molecule has 0 atom stereocenters. The van der Waals surface area contributed by atoms with E-state index in [-0.39, 0.29) is 11.3 Å². The predicted molar refractivity (Wildman–Crippen MR) is 41.4 cm³/mol. The molecule has 1 aromatic heterocycles. The van der Waals surface area contributed by atoms with Crippen LogP contribution in [0.15, 0.2) is 23.3 Å². The van der Waals surface area contributed by atoms with E-state index in [4.69, 9.17) is 5.26 Å². The Labute approximate surface area is 73.4 Å². The second-order valence-corrected chi connectivity index (χ2v) is 2.05. The van der Waals surface area contributed by atoms with Crippen molar-refractivity contribution in [3.63, 3.8) is 0 Å². The van der Waals surface area contributed by atoms with Crippen molar-refractivity contribution in [1.82, 2.24) is 4.98 Å². The Hall–Kier alpha value is -2.31. The Morgan fingerprint density at radius 1 is 1.54 bits per heavy atom. The summed E-state index contributed by atoms with van der Waals surface area (Å²) in [6.45, 7) is 0. The molecule has 0 radical (unpaired) electrons. The van der Waals surface area contributed by atoms with E-state index in [0.29, 0.717) is 0 Å². The molecule has 1 aromatic rings. The van der Waals surface area contributed by atoms with E-state index in [1.807, 2.05) is 0 Å². The van der Waals surface area contributed by atoms with Crippen molar-refractivity contribution < 1.29 is 9.59 Å². The van der Waals surface area contributed by atoms with Gasteiger partial charge in [-0.05, 0) is 12.1 Å². The number of hydrogen-bond donors (Lipinski definition) is 0. The molecule has 0 aliphatic carbocycles. The molecule has 13 heavy (non-hydrogen) atoms. The molecule has 0 aliphatic rings. The summed E-state index contributed by atoms with van der Waals surface area (Å²) in [5.74, 6) is -0.716. The quantitative estimate of drug-likeness (QED) is 0.455. The molecule has 1 rings (SSSR count). The second-order valence-electron chi connectivity index (χ2n) is 2.05. The van der Waals surface area contributed by atoms with Crippen LogP contribution in [0.5, 0.6) is 0 Å². The lowest BCUT2D eigenvalue weighted by atomic mass is 10.2. The van der Waals surface area contributed by atoms with Crippen LogP contribution >= 0.6 is 0 Å². The fraction of sp³-hybridized carbons (Fsp3) is 0. The first-order valence-electron chi connectivity index (χ1n) is 3.26. The summed E-state index contributed by atoms with van der Waals surface area (Å²) in [5, 5.41) is 8.39. The third-order valence-electron chi connectivity index (χ3n) is 1.27. The van der Waals surface area contributed by atoms with Crippen molar-refractivity contribution in [2.24, 2.45) is 4.99 Å². The maximum Gasteiger partial charge on any atom is 0.289 e. The summed E-state index contributed by atoms with van der Waals surface area (Å²) in [4.78, 5) is 27.1. The molecule has 0 aliphatic heterocycles. The van der Waals surface area contributed by atoms with Crippen molar-refractivity contribution in [3.05, 3.63) is 29.6 Å². The number of nitrogens with zero attached hydrogens (tertiary/aromatic N) is 3. The number of carbonyl (C=O) groups is 1. The summed E-state index contributed by atoms with van der Waals surface area (Å²) in [5.41, 5.74) is 0.356. The summed E-state index contributed by atoms with van der Waals surface area (Å²) < 4.78 is 0. The molecule has 1 heterocycles. The monoisotopic (exact) mass is 173 g/mol. The minimum atomic E-state index is -0.716. The molecule has 5 heteroatoms. The van der Waals surface area contributed by atoms with Crippen LogP contribution in [0.25, 0.3) is 0 Å². The van der Waals surface area contributed by atoms with Gasteiger partial charge in [-0.15, -0.1) is 4.99 Å². The third-order valence-corrected chi connectivity index (χ3v) is 1.27. The lowest BCUT2D eigenvalue weighted by molar-refractivity contribution is 0.100. The van der Waals surface area contributed by atoms with E-state index in [1.54, 1.807) is 6.07 Å². The largest absolute Gasteiger partial charge is 0.289 e. The Bertz CT molecular complexity index is 410. The van der Waals surface area contributed by atoms with Crippen LogP contribution in [0.2, 0.25) is 0 Å². The van der Waals surface area contributed by atoms with Gasteiger partial charge >= 0.3 is 0 Å². The maximum atomic E-state index is 10.9. The van der Waals surface area contributed by atoms with Crippen molar-refractivity contribution in [1.29, 1.82) is 5.26 Å². The molecule has 0 unspecified atom stereocenters. The molecule has 0 bridgehead atoms. The molecule has 0 spiro atoms. The van der Waals surface area contributed by atoms with E-state index in [9.17, 15) is 9.59 Å². The van der Waals surface area contributed by atoms with Crippen molar-refractivity contribution in [2.45, 2.75) is 0 Å². The molecule has 62 valence electrons. The minimum absolute atomic E-state index is 0.155. The molecule has 0 saturated heterocycles. The third kappa shape index (κ3) is 2.06. The summed E-state index contributed by atoms with van der Waals surface area (Å²) >= 11 is 0. The number of aromatic nitrogens is 1. The Morgan fingerprint density at radius 2 is 2.31 bits per heavy atom. The van der Waals surface area contributed by atoms with Gasteiger partial charge in [0.2, 0.25) is 6.08 Å². The van der Waals surface area contributed by atoms with E-state index in [0.717, 1.165) is 6.08 Å². The number of pyridine rings is 1. The first-order valence-corrected chi connectivity index (χ1v) is 3.26. The highest BCUT2D eigenvalue weighted by molar-refractivity contribution is 5.97.